The molecule has 0 atom stereocenters. The number of ether oxygens (including phenoxy) is 1. The Hall–Kier alpha value is -2.09. The normalized spacial score (nSPS) is 15.0. The third-order valence-corrected chi connectivity index (χ3v) is 4.26. The largest absolute Gasteiger partial charge is 0.487 e. The van der Waals surface area contributed by atoms with Gasteiger partial charge in [-0.2, -0.15) is 4.99 Å². The van der Waals surface area contributed by atoms with E-state index in [0.717, 1.165) is 29.5 Å². The number of isocyanates is 1. The molecule has 0 heterocycles. The van der Waals surface area contributed by atoms with Gasteiger partial charge in [-0.25, -0.2) is 4.79 Å². The maximum absolute atomic E-state index is 10.6. The van der Waals surface area contributed by atoms with E-state index in [1.54, 1.807) is 6.08 Å². The first-order valence-corrected chi connectivity index (χ1v) is 7.59. The summed E-state index contributed by atoms with van der Waals surface area (Å²) in [6.45, 7) is 2.43. The SMILES string of the molecule is Cc1cc(C2(N=C=O)CC2)cc(Cl)c1OCc1ccccc1. The van der Waals surface area contributed by atoms with E-state index in [0.29, 0.717) is 17.4 Å². The molecule has 0 bridgehead atoms. The van der Waals surface area contributed by atoms with E-state index < -0.39 is 5.54 Å². The second-order valence-corrected chi connectivity index (χ2v) is 6.02. The van der Waals surface area contributed by atoms with E-state index in [4.69, 9.17) is 16.3 Å². The Kier molecular flexibility index (Phi) is 4.02. The van der Waals surface area contributed by atoms with Crippen molar-refractivity contribution in [2.75, 3.05) is 0 Å². The fourth-order valence-corrected chi connectivity index (χ4v) is 2.90. The number of hydrogen-bond donors (Lipinski definition) is 0. The average Bonchev–Trinajstić information content (AvgIpc) is 3.29. The number of aryl methyl sites for hydroxylation is 1. The van der Waals surface area contributed by atoms with Gasteiger partial charge in [0.25, 0.3) is 0 Å². The number of nitrogens with zero attached hydrogens (tertiary/aromatic N) is 1. The van der Waals surface area contributed by atoms with Gasteiger partial charge in [-0.1, -0.05) is 41.9 Å². The zero-order valence-electron chi connectivity index (χ0n) is 12.3. The summed E-state index contributed by atoms with van der Waals surface area (Å²) in [4.78, 5) is 14.5. The molecule has 0 amide bonds. The average molecular weight is 314 g/mol. The quantitative estimate of drug-likeness (QED) is 0.600. The minimum Gasteiger partial charge on any atom is -0.487 e. The van der Waals surface area contributed by atoms with Gasteiger partial charge in [0.05, 0.1) is 10.6 Å². The first-order valence-electron chi connectivity index (χ1n) is 7.21. The lowest BCUT2D eigenvalue weighted by atomic mass is 10.0. The molecule has 0 N–H and O–H groups in total. The van der Waals surface area contributed by atoms with Crippen molar-refractivity contribution in [3.8, 4) is 5.75 Å². The second-order valence-electron chi connectivity index (χ2n) is 5.61. The monoisotopic (exact) mass is 313 g/mol. The predicted octanol–water partition coefficient (Wildman–Crippen LogP) is 4.55. The number of halogens is 1. The fraction of sp³-hybridized carbons (Fsp3) is 0.278. The van der Waals surface area contributed by atoms with Gasteiger partial charge in [0.1, 0.15) is 12.4 Å². The van der Waals surface area contributed by atoms with Crippen LogP contribution in [-0.2, 0) is 16.9 Å². The highest BCUT2D eigenvalue weighted by molar-refractivity contribution is 6.32. The summed E-state index contributed by atoms with van der Waals surface area (Å²) in [5, 5.41) is 0.554. The second kappa shape index (κ2) is 5.96. The summed E-state index contributed by atoms with van der Waals surface area (Å²) >= 11 is 6.37. The molecular formula is C18H16ClNO2. The summed E-state index contributed by atoms with van der Waals surface area (Å²) in [5.74, 6) is 0.681. The van der Waals surface area contributed by atoms with Crippen LogP contribution in [0.3, 0.4) is 0 Å². The van der Waals surface area contributed by atoms with Gasteiger partial charge in [-0.3, -0.25) is 0 Å². The number of hydrogen-bond acceptors (Lipinski definition) is 3. The van der Waals surface area contributed by atoms with E-state index >= 15 is 0 Å². The van der Waals surface area contributed by atoms with E-state index in [1.807, 2.05) is 49.4 Å². The highest BCUT2D eigenvalue weighted by atomic mass is 35.5. The molecule has 4 heteroatoms. The smallest absolute Gasteiger partial charge is 0.235 e. The Morgan fingerprint density at radius 3 is 2.59 bits per heavy atom. The molecule has 1 fully saturated rings. The summed E-state index contributed by atoms with van der Waals surface area (Å²) in [6, 6.07) is 13.8. The third kappa shape index (κ3) is 2.92. The van der Waals surface area contributed by atoms with Crippen LogP contribution in [0.2, 0.25) is 5.02 Å². The van der Waals surface area contributed by atoms with Crippen molar-refractivity contribution in [2.24, 2.45) is 4.99 Å². The minimum absolute atomic E-state index is 0.409. The Balaban J connectivity index is 1.83. The molecule has 0 unspecified atom stereocenters. The van der Waals surface area contributed by atoms with Crippen LogP contribution in [0, 0.1) is 6.92 Å². The summed E-state index contributed by atoms with van der Waals surface area (Å²) in [6.07, 6.45) is 3.40. The molecule has 22 heavy (non-hydrogen) atoms. The number of rotatable bonds is 5. The van der Waals surface area contributed by atoms with Gasteiger partial charge in [-0.05, 0) is 48.6 Å². The molecule has 0 radical (unpaired) electrons. The van der Waals surface area contributed by atoms with E-state index in [-0.39, 0.29) is 0 Å². The summed E-state index contributed by atoms with van der Waals surface area (Å²) in [7, 11) is 0. The first kappa shape index (κ1) is 14.8. The van der Waals surface area contributed by atoms with Crippen molar-refractivity contribution < 1.29 is 9.53 Å². The number of benzene rings is 2. The van der Waals surface area contributed by atoms with Crippen LogP contribution in [0.1, 0.15) is 29.5 Å². The maximum atomic E-state index is 10.6. The van der Waals surface area contributed by atoms with E-state index in [9.17, 15) is 4.79 Å². The standard InChI is InChI=1S/C18H16ClNO2/c1-13-9-15(18(7-8-18)20-12-21)10-16(19)17(13)22-11-14-5-3-2-4-6-14/h2-6,9-10H,7-8,11H2,1H3. The van der Waals surface area contributed by atoms with E-state index in [1.165, 1.54) is 0 Å². The topological polar surface area (TPSA) is 38.7 Å². The van der Waals surface area contributed by atoms with Crippen molar-refractivity contribution in [1.29, 1.82) is 0 Å². The molecule has 1 aliphatic rings. The zero-order chi connectivity index (χ0) is 15.6. The van der Waals surface area contributed by atoms with Crippen molar-refractivity contribution in [1.82, 2.24) is 0 Å². The van der Waals surface area contributed by atoms with Gasteiger partial charge < -0.3 is 4.74 Å². The molecule has 0 aromatic heterocycles. The molecule has 1 saturated carbocycles. The molecule has 2 aromatic carbocycles. The van der Waals surface area contributed by atoms with Crippen molar-refractivity contribution in [2.45, 2.75) is 31.9 Å². The fourth-order valence-electron chi connectivity index (χ4n) is 2.58. The lowest BCUT2D eigenvalue weighted by Crippen LogP contribution is -2.04. The van der Waals surface area contributed by atoms with Crippen LogP contribution >= 0.6 is 11.6 Å². The van der Waals surface area contributed by atoms with Crippen molar-refractivity contribution >= 4 is 17.7 Å². The van der Waals surface area contributed by atoms with E-state index in [2.05, 4.69) is 4.99 Å². The zero-order valence-corrected chi connectivity index (χ0v) is 13.1. The van der Waals surface area contributed by atoms with Crippen molar-refractivity contribution in [3.05, 3.63) is 64.2 Å². The molecule has 0 aliphatic heterocycles. The highest BCUT2D eigenvalue weighted by Crippen LogP contribution is 2.51. The Morgan fingerprint density at radius 2 is 2.00 bits per heavy atom. The molecule has 0 spiro atoms. The molecule has 0 saturated heterocycles. The lowest BCUT2D eigenvalue weighted by molar-refractivity contribution is 0.304. The van der Waals surface area contributed by atoms with Crippen LogP contribution in [0.25, 0.3) is 0 Å². The third-order valence-electron chi connectivity index (χ3n) is 3.98. The van der Waals surface area contributed by atoms with Gasteiger partial charge in [-0.15, -0.1) is 0 Å². The molecule has 3 rings (SSSR count). The number of aliphatic imine (C=N–C) groups is 1. The summed E-state index contributed by atoms with van der Waals surface area (Å²) in [5.41, 5.74) is 2.59. The van der Waals surface area contributed by atoms with Crippen LogP contribution in [0.15, 0.2) is 47.5 Å². The van der Waals surface area contributed by atoms with Crippen LogP contribution < -0.4 is 4.74 Å². The number of carbonyl (C=O) groups excluding carboxylic acids is 1. The molecule has 2 aromatic rings. The summed E-state index contributed by atoms with van der Waals surface area (Å²) < 4.78 is 5.86. The van der Waals surface area contributed by atoms with Crippen LogP contribution in [-0.4, -0.2) is 6.08 Å². The molecular weight excluding hydrogens is 298 g/mol. The molecule has 3 nitrogen and oxygen atoms in total. The van der Waals surface area contributed by atoms with Crippen LogP contribution in [0.5, 0.6) is 5.75 Å². The van der Waals surface area contributed by atoms with Gasteiger partial charge >= 0.3 is 0 Å². The Morgan fingerprint density at radius 1 is 1.27 bits per heavy atom. The van der Waals surface area contributed by atoms with Crippen LogP contribution in [0.4, 0.5) is 0 Å². The predicted molar refractivity (Wildman–Crippen MR) is 86.0 cm³/mol. The maximum Gasteiger partial charge on any atom is 0.235 e. The van der Waals surface area contributed by atoms with Gasteiger partial charge in [0.2, 0.25) is 6.08 Å². The Bertz CT molecular complexity index is 709. The van der Waals surface area contributed by atoms with Crippen molar-refractivity contribution in [3.63, 3.8) is 0 Å². The first-order chi connectivity index (χ1) is 10.6. The van der Waals surface area contributed by atoms with Gasteiger partial charge in [0.15, 0.2) is 0 Å². The minimum atomic E-state index is -0.409. The molecule has 1 aliphatic carbocycles. The lowest BCUT2D eigenvalue weighted by Gasteiger charge is -2.15. The molecule has 112 valence electrons. The van der Waals surface area contributed by atoms with Gasteiger partial charge in [0, 0.05) is 0 Å². The highest BCUT2D eigenvalue weighted by Gasteiger charge is 2.45. The Labute approximate surface area is 134 Å².